The van der Waals surface area contributed by atoms with Crippen LogP contribution >= 0.6 is 23.1 Å². The molecule has 2 N–H and O–H groups in total. The van der Waals surface area contributed by atoms with Crippen LogP contribution < -0.4 is 10.6 Å². The summed E-state index contributed by atoms with van der Waals surface area (Å²) in [5.74, 6) is 1.77. The minimum absolute atomic E-state index is 0.0280. The number of carbonyl (C=O) groups excluding carboxylic acids is 2. The van der Waals surface area contributed by atoms with Crippen molar-refractivity contribution in [3.63, 3.8) is 0 Å². The summed E-state index contributed by atoms with van der Waals surface area (Å²) in [5.41, 5.74) is 1.09. The number of hydrogen-bond acceptors (Lipinski definition) is 5. The number of amides is 3. The number of nitrogens with one attached hydrogen (secondary N) is 2. The van der Waals surface area contributed by atoms with Crippen LogP contribution in [0.1, 0.15) is 49.5 Å². The molecule has 3 atom stereocenters. The summed E-state index contributed by atoms with van der Waals surface area (Å²) in [7, 11) is 0. The molecule has 160 valence electrons. The number of urea groups is 1. The van der Waals surface area contributed by atoms with Gasteiger partial charge in [-0.1, -0.05) is 18.6 Å². The molecule has 0 saturated carbocycles. The van der Waals surface area contributed by atoms with E-state index in [1.165, 1.54) is 9.71 Å². The van der Waals surface area contributed by atoms with E-state index in [-0.39, 0.29) is 18.1 Å². The molecule has 0 radical (unpaired) electrons. The zero-order valence-electron chi connectivity index (χ0n) is 17.0. The van der Waals surface area contributed by atoms with Crippen molar-refractivity contribution in [3.8, 4) is 0 Å². The average Bonchev–Trinajstić information content (AvgIpc) is 3.45. The lowest BCUT2D eigenvalue weighted by molar-refractivity contribution is -0.132. The van der Waals surface area contributed by atoms with E-state index in [9.17, 15) is 9.59 Å². The van der Waals surface area contributed by atoms with Gasteiger partial charge in [0.25, 0.3) is 0 Å². The summed E-state index contributed by atoms with van der Waals surface area (Å²) in [6, 6.07) is 8.84. The highest BCUT2D eigenvalue weighted by Crippen LogP contribution is 2.35. The SMILES string of the molecule is O=C1N[C@@H]2[C@H](CCCCC(=O)N3CCC(c4nc5ccccc5s4)CC3)SC[C@H]2N1. The third-order valence-corrected chi connectivity index (χ3v) is 9.28. The molecule has 3 aliphatic heterocycles. The zero-order chi connectivity index (χ0) is 20.5. The van der Waals surface area contributed by atoms with Gasteiger partial charge >= 0.3 is 6.03 Å². The largest absolute Gasteiger partial charge is 0.343 e. The van der Waals surface area contributed by atoms with Crippen molar-refractivity contribution in [3.05, 3.63) is 29.3 Å². The summed E-state index contributed by atoms with van der Waals surface area (Å²) in [6.07, 6.45) is 5.72. The second kappa shape index (κ2) is 8.75. The number of hydrogen-bond donors (Lipinski definition) is 2. The monoisotopic (exact) mass is 444 g/mol. The van der Waals surface area contributed by atoms with Crippen LogP contribution in [0.3, 0.4) is 0 Å². The number of unbranched alkanes of at least 4 members (excludes halogenated alkanes) is 1. The predicted molar refractivity (Wildman–Crippen MR) is 122 cm³/mol. The van der Waals surface area contributed by atoms with E-state index in [1.54, 1.807) is 11.3 Å². The smallest absolute Gasteiger partial charge is 0.315 e. The number of carbonyl (C=O) groups is 2. The Morgan fingerprint density at radius 3 is 2.83 bits per heavy atom. The summed E-state index contributed by atoms with van der Waals surface area (Å²) < 4.78 is 1.26. The Morgan fingerprint density at radius 2 is 2.00 bits per heavy atom. The Balaban J connectivity index is 1.04. The maximum absolute atomic E-state index is 12.6. The fourth-order valence-corrected chi connectivity index (χ4v) is 7.54. The van der Waals surface area contributed by atoms with E-state index in [4.69, 9.17) is 4.98 Å². The first-order valence-electron chi connectivity index (χ1n) is 11.0. The highest BCUT2D eigenvalue weighted by atomic mass is 32.2. The second-order valence-electron chi connectivity index (χ2n) is 8.54. The van der Waals surface area contributed by atoms with Gasteiger partial charge in [0.15, 0.2) is 0 Å². The minimum atomic E-state index is -0.0280. The van der Waals surface area contributed by atoms with Gasteiger partial charge in [0.2, 0.25) is 5.91 Å². The Kier molecular flexibility index (Phi) is 5.87. The molecule has 3 aliphatic rings. The molecule has 1 aromatic heterocycles. The normalized spacial score (nSPS) is 26.6. The molecular formula is C22H28N4O2S2. The molecule has 0 unspecified atom stereocenters. The number of benzene rings is 1. The summed E-state index contributed by atoms with van der Waals surface area (Å²) in [4.78, 5) is 31.0. The first kappa shape index (κ1) is 20.1. The average molecular weight is 445 g/mol. The van der Waals surface area contributed by atoms with E-state index in [0.717, 1.165) is 56.5 Å². The van der Waals surface area contributed by atoms with Gasteiger partial charge in [0.1, 0.15) is 0 Å². The van der Waals surface area contributed by atoms with Crippen molar-refractivity contribution in [1.29, 1.82) is 0 Å². The quantitative estimate of drug-likeness (QED) is 0.526. The topological polar surface area (TPSA) is 74.3 Å². The Bertz CT molecular complexity index is 892. The van der Waals surface area contributed by atoms with E-state index >= 15 is 0 Å². The number of piperidine rings is 1. The van der Waals surface area contributed by atoms with Gasteiger partial charge in [-0.15, -0.1) is 11.3 Å². The van der Waals surface area contributed by atoms with E-state index < -0.39 is 0 Å². The van der Waals surface area contributed by atoms with Crippen LogP contribution in [0.15, 0.2) is 24.3 Å². The van der Waals surface area contributed by atoms with Crippen molar-refractivity contribution in [2.75, 3.05) is 18.8 Å². The predicted octanol–water partition coefficient (Wildman–Crippen LogP) is 3.73. The van der Waals surface area contributed by atoms with Crippen molar-refractivity contribution in [2.24, 2.45) is 0 Å². The van der Waals surface area contributed by atoms with Crippen molar-refractivity contribution < 1.29 is 9.59 Å². The number of para-hydroxylation sites is 1. The van der Waals surface area contributed by atoms with Gasteiger partial charge < -0.3 is 15.5 Å². The zero-order valence-corrected chi connectivity index (χ0v) is 18.6. The maximum Gasteiger partial charge on any atom is 0.315 e. The van der Waals surface area contributed by atoms with Crippen LogP contribution in [0.2, 0.25) is 0 Å². The Hall–Kier alpha value is -1.80. The van der Waals surface area contributed by atoms with Crippen LogP contribution in [0.25, 0.3) is 10.2 Å². The molecule has 0 bridgehead atoms. The van der Waals surface area contributed by atoms with Gasteiger partial charge in [0, 0.05) is 36.4 Å². The Morgan fingerprint density at radius 1 is 1.17 bits per heavy atom. The third kappa shape index (κ3) is 4.17. The van der Waals surface area contributed by atoms with Crippen molar-refractivity contribution in [1.82, 2.24) is 20.5 Å². The van der Waals surface area contributed by atoms with E-state index in [1.807, 2.05) is 22.7 Å². The van der Waals surface area contributed by atoms with Crippen LogP contribution in [0.4, 0.5) is 4.79 Å². The molecule has 0 aliphatic carbocycles. The lowest BCUT2D eigenvalue weighted by Crippen LogP contribution is -2.38. The van der Waals surface area contributed by atoms with Gasteiger partial charge in [-0.25, -0.2) is 9.78 Å². The number of nitrogens with zero attached hydrogens (tertiary/aromatic N) is 2. The lowest BCUT2D eigenvalue weighted by Gasteiger charge is -2.31. The summed E-state index contributed by atoms with van der Waals surface area (Å²) in [5, 5.41) is 7.73. The van der Waals surface area contributed by atoms with E-state index in [0.29, 0.717) is 23.5 Å². The molecule has 3 saturated heterocycles. The molecule has 5 rings (SSSR count). The maximum atomic E-state index is 12.6. The van der Waals surface area contributed by atoms with Crippen LogP contribution in [-0.2, 0) is 4.79 Å². The summed E-state index contributed by atoms with van der Waals surface area (Å²) >= 11 is 3.75. The molecule has 8 heteroatoms. The molecule has 6 nitrogen and oxygen atoms in total. The van der Waals surface area contributed by atoms with Crippen LogP contribution in [0.5, 0.6) is 0 Å². The molecule has 3 amide bonds. The highest BCUT2D eigenvalue weighted by molar-refractivity contribution is 8.00. The fraction of sp³-hybridized carbons (Fsp3) is 0.591. The molecule has 1 aromatic carbocycles. The van der Waals surface area contributed by atoms with Crippen LogP contribution in [-0.4, -0.2) is 58.0 Å². The first-order chi connectivity index (χ1) is 14.7. The number of fused-ring (bicyclic) bond motifs is 2. The molecule has 4 heterocycles. The molecular weight excluding hydrogens is 416 g/mol. The lowest BCUT2D eigenvalue weighted by atomic mass is 9.97. The van der Waals surface area contributed by atoms with Crippen molar-refractivity contribution >= 4 is 45.3 Å². The summed E-state index contributed by atoms with van der Waals surface area (Å²) in [6.45, 7) is 1.69. The fourth-order valence-electron chi connectivity index (χ4n) is 4.86. The van der Waals surface area contributed by atoms with Gasteiger partial charge in [-0.3, -0.25) is 4.79 Å². The number of thioether (sulfide) groups is 1. The molecule has 0 spiro atoms. The minimum Gasteiger partial charge on any atom is -0.343 e. The van der Waals surface area contributed by atoms with Crippen molar-refractivity contribution in [2.45, 2.75) is 61.8 Å². The molecule has 30 heavy (non-hydrogen) atoms. The highest BCUT2D eigenvalue weighted by Gasteiger charge is 2.42. The van der Waals surface area contributed by atoms with Gasteiger partial charge in [-0.05, 0) is 37.8 Å². The molecule has 2 aromatic rings. The second-order valence-corrected chi connectivity index (χ2v) is 10.9. The number of likely N-dealkylation sites (tertiary alicyclic amines) is 1. The number of thiazole rings is 1. The van der Waals surface area contributed by atoms with Crippen LogP contribution in [0, 0.1) is 0 Å². The first-order valence-corrected chi connectivity index (χ1v) is 12.9. The number of aromatic nitrogens is 1. The standard InChI is InChI=1S/C22H28N4O2S2/c27-19(8-4-3-7-18-20-16(13-29-18)24-22(28)25-20)26-11-9-14(10-12-26)21-23-15-5-1-2-6-17(15)30-21/h1-2,5-6,14,16,18,20H,3-4,7-13H2,(H2,24,25,28)/t16-,18+,20+/m1/s1. The third-order valence-electron chi connectivity index (χ3n) is 6.57. The molecule has 3 fully saturated rings. The number of rotatable bonds is 6. The van der Waals surface area contributed by atoms with Gasteiger partial charge in [0.05, 0.1) is 27.3 Å². The van der Waals surface area contributed by atoms with E-state index in [2.05, 4.69) is 28.8 Å². The Labute approximate surface area is 185 Å². The van der Waals surface area contributed by atoms with Gasteiger partial charge in [-0.2, -0.15) is 11.8 Å².